The third kappa shape index (κ3) is 5.11. The molecule has 0 heterocycles. The molecule has 0 fully saturated rings. The summed E-state index contributed by atoms with van der Waals surface area (Å²) in [5, 5.41) is 0. The molecule has 0 radical (unpaired) electrons. The molecule has 0 saturated carbocycles. The maximum absolute atomic E-state index is 12.4. The van der Waals surface area contributed by atoms with Gasteiger partial charge in [0.15, 0.2) is 6.10 Å². The minimum absolute atomic E-state index is 0.193. The van der Waals surface area contributed by atoms with Gasteiger partial charge in [0.1, 0.15) is 5.75 Å². The van der Waals surface area contributed by atoms with Crippen LogP contribution in [-0.4, -0.2) is 18.7 Å². The van der Waals surface area contributed by atoms with Gasteiger partial charge in [-0.2, -0.15) is 13.2 Å². The van der Waals surface area contributed by atoms with Crippen molar-refractivity contribution < 1.29 is 27.4 Å². The average molecular weight is 290 g/mol. The molecule has 6 heteroatoms. The van der Waals surface area contributed by atoms with E-state index in [0.717, 1.165) is 25.0 Å². The second-order valence-corrected chi connectivity index (χ2v) is 4.30. The number of esters is 1. The average Bonchev–Trinajstić information content (AvgIpc) is 2.38. The fraction of sp³-hybridized carbons (Fsp3) is 0.500. The molecule has 0 N–H and O–H groups in total. The van der Waals surface area contributed by atoms with Crippen LogP contribution in [0.15, 0.2) is 24.3 Å². The van der Waals surface area contributed by atoms with Crippen LogP contribution in [0.3, 0.4) is 0 Å². The topological polar surface area (TPSA) is 35.5 Å². The number of carbonyl (C=O) groups excluding carboxylic acids is 1. The molecule has 1 aromatic rings. The molecule has 112 valence electrons. The van der Waals surface area contributed by atoms with Gasteiger partial charge >= 0.3 is 12.1 Å². The fourth-order valence-electron chi connectivity index (χ4n) is 1.41. The van der Waals surface area contributed by atoms with Gasteiger partial charge in [0.25, 0.3) is 0 Å². The molecule has 0 amide bonds. The second kappa shape index (κ2) is 7.17. The van der Waals surface area contributed by atoms with Crippen LogP contribution in [0.1, 0.15) is 32.3 Å². The molecular formula is C14H17F3O3. The molecule has 0 spiro atoms. The maximum Gasteiger partial charge on any atom is 0.416 e. The number of ether oxygens (including phenoxy) is 2. The van der Waals surface area contributed by atoms with Crippen molar-refractivity contribution in [3.8, 4) is 5.75 Å². The highest BCUT2D eigenvalue weighted by atomic mass is 19.4. The van der Waals surface area contributed by atoms with Crippen LogP contribution in [0.4, 0.5) is 13.2 Å². The van der Waals surface area contributed by atoms with Crippen molar-refractivity contribution >= 4 is 5.97 Å². The number of carbonyl (C=O) groups is 1. The van der Waals surface area contributed by atoms with E-state index in [2.05, 4.69) is 0 Å². The van der Waals surface area contributed by atoms with Gasteiger partial charge in [-0.15, -0.1) is 0 Å². The summed E-state index contributed by atoms with van der Waals surface area (Å²) in [6, 6.07) is 4.17. The number of hydrogen-bond acceptors (Lipinski definition) is 3. The van der Waals surface area contributed by atoms with E-state index in [1.807, 2.05) is 6.92 Å². The van der Waals surface area contributed by atoms with E-state index in [1.165, 1.54) is 19.1 Å². The van der Waals surface area contributed by atoms with Crippen molar-refractivity contribution in [3.63, 3.8) is 0 Å². The summed E-state index contributed by atoms with van der Waals surface area (Å²) in [5.41, 5.74) is -0.761. The third-order valence-electron chi connectivity index (χ3n) is 2.57. The number of unbranched alkanes of at least 4 members (excludes halogenated alkanes) is 1. The highest BCUT2D eigenvalue weighted by Crippen LogP contribution is 2.30. The third-order valence-corrected chi connectivity index (χ3v) is 2.57. The van der Waals surface area contributed by atoms with E-state index in [0.29, 0.717) is 6.61 Å². The van der Waals surface area contributed by atoms with Gasteiger partial charge in [0.2, 0.25) is 0 Å². The van der Waals surface area contributed by atoms with Crippen molar-refractivity contribution in [1.82, 2.24) is 0 Å². The van der Waals surface area contributed by atoms with E-state index in [-0.39, 0.29) is 5.75 Å². The zero-order valence-corrected chi connectivity index (χ0v) is 11.4. The molecule has 0 saturated heterocycles. The lowest BCUT2D eigenvalue weighted by molar-refractivity contribution is -0.151. The fourth-order valence-corrected chi connectivity index (χ4v) is 1.41. The lowest BCUT2D eigenvalue weighted by Gasteiger charge is -2.14. The Balaban J connectivity index is 2.53. The number of hydrogen-bond donors (Lipinski definition) is 0. The molecule has 0 unspecified atom stereocenters. The van der Waals surface area contributed by atoms with Gasteiger partial charge in [0.05, 0.1) is 12.2 Å². The quantitative estimate of drug-likeness (QED) is 0.590. The summed E-state index contributed by atoms with van der Waals surface area (Å²) in [6.45, 7) is 3.78. The first-order chi connectivity index (χ1) is 9.34. The van der Waals surface area contributed by atoms with E-state index in [4.69, 9.17) is 9.47 Å². The molecule has 0 aliphatic rings. The summed E-state index contributed by atoms with van der Waals surface area (Å²) >= 11 is 0. The van der Waals surface area contributed by atoms with E-state index in [9.17, 15) is 18.0 Å². The summed E-state index contributed by atoms with van der Waals surface area (Å²) in [7, 11) is 0. The van der Waals surface area contributed by atoms with Gasteiger partial charge < -0.3 is 9.47 Å². The van der Waals surface area contributed by atoms with E-state index in [1.54, 1.807) is 0 Å². The van der Waals surface area contributed by atoms with Crippen LogP contribution in [-0.2, 0) is 15.7 Å². The van der Waals surface area contributed by atoms with Crippen molar-refractivity contribution in [2.24, 2.45) is 0 Å². The van der Waals surface area contributed by atoms with Crippen LogP contribution in [0.25, 0.3) is 0 Å². The second-order valence-electron chi connectivity index (χ2n) is 4.30. The first-order valence-electron chi connectivity index (χ1n) is 6.35. The molecule has 0 aliphatic carbocycles. The molecule has 20 heavy (non-hydrogen) atoms. The summed E-state index contributed by atoms with van der Waals surface area (Å²) in [6.07, 6.45) is -3.58. The lowest BCUT2D eigenvalue weighted by Crippen LogP contribution is -2.26. The molecule has 0 bridgehead atoms. The number of alkyl halides is 3. The van der Waals surface area contributed by atoms with Crippen LogP contribution in [0.5, 0.6) is 5.75 Å². The Labute approximate surface area is 115 Å². The highest BCUT2D eigenvalue weighted by molar-refractivity contribution is 5.74. The van der Waals surface area contributed by atoms with Crippen LogP contribution >= 0.6 is 0 Å². The van der Waals surface area contributed by atoms with Crippen LogP contribution < -0.4 is 4.74 Å². The Kier molecular flexibility index (Phi) is 5.85. The molecular weight excluding hydrogens is 273 g/mol. The first kappa shape index (κ1) is 16.3. The number of halogens is 3. The van der Waals surface area contributed by atoms with Crippen molar-refractivity contribution in [2.45, 2.75) is 39.0 Å². The molecule has 1 aromatic carbocycles. The highest BCUT2D eigenvalue weighted by Gasteiger charge is 2.30. The monoisotopic (exact) mass is 290 g/mol. The molecule has 0 aliphatic heterocycles. The minimum atomic E-state index is -4.39. The lowest BCUT2D eigenvalue weighted by atomic mass is 10.2. The van der Waals surface area contributed by atoms with Crippen LogP contribution in [0, 0.1) is 0 Å². The van der Waals surface area contributed by atoms with Gasteiger partial charge in [0, 0.05) is 0 Å². The zero-order valence-electron chi connectivity index (χ0n) is 11.4. The summed E-state index contributed by atoms with van der Waals surface area (Å²) < 4.78 is 47.3. The maximum atomic E-state index is 12.4. The van der Waals surface area contributed by atoms with Crippen molar-refractivity contribution in [3.05, 3.63) is 29.8 Å². The van der Waals surface area contributed by atoms with Gasteiger partial charge in [-0.3, -0.25) is 0 Å². The Hall–Kier alpha value is -1.72. The Morgan fingerprint density at radius 1 is 1.25 bits per heavy atom. The normalized spacial score (nSPS) is 12.8. The van der Waals surface area contributed by atoms with Crippen LogP contribution in [0.2, 0.25) is 0 Å². The zero-order chi connectivity index (χ0) is 15.2. The minimum Gasteiger partial charge on any atom is -0.479 e. The summed E-state index contributed by atoms with van der Waals surface area (Å²) in [5.74, 6) is -0.337. The van der Waals surface area contributed by atoms with Gasteiger partial charge in [-0.1, -0.05) is 13.3 Å². The Morgan fingerprint density at radius 2 is 1.85 bits per heavy atom. The van der Waals surface area contributed by atoms with E-state index >= 15 is 0 Å². The number of rotatable bonds is 6. The van der Waals surface area contributed by atoms with Gasteiger partial charge in [-0.25, -0.2) is 4.79 Å². The first-order valence-corrected chi connectivity index (χ1v) is 6.35. The van der Waals surface area contributed by atoms with E-state index < -0.39 is 23.8 Å². The molecule has 0 aromatic heterocycles. The molecule has 1 atom stereocenters. The SMILES string of the molecule is CCCCOC(=O)[C@@H](C)Oc1ccc(C(F)(F)F)cc1. The molecule has 3 nitrogen and oxygen atoms in total. The Morgan fingerprint density at radius 3 is 2.35 bits per heavy atom. The number of benzene rings is 1. The molecule has 1 rings (SSSR count). The predicted octanol–water partition coefficient (Wildman–Crippen LogP) is 3.82. The smallest absolute Gasteiger partial charge is 0.416 e. The Bertz CT molecular complexity index is 426. The van der Waals surface area contributed by atoms with Crippen molar-refractivity contribution in [2.75, 3.05) is 6.61 Å². The summed E-state index contributed by atoms with van der Waals surface area (Å²) in [4.78, 5) is 11.5. The van der Waals surface area contributed by atoms with Crippen molar-refractivity contribution in [1.29, 1.82) is 0 Å². The standard InChI is InChI=1S/C14H17F3O3/c1-3-4-9-19-13(18)10(2)20-12-7-5-11(6-8-12)14(15,16)17/h5-8,10H,3-4,9H2,1-2H3/t10-/m1/s1. The largest absolute Gasteiger partial charge is 0.479 e. The predicted molar refractivity (Wildman–Crippen MR) is 67.4 cm³/mol. The van der Waals surface area contributed by atoms with Gasteiger partial charge in [-0.05, 0) is 37.6 Å².